The molecular weight excluding hydrogens is 252 g/mol. The number of aromatic amines is 1. The number of hydrogen-bond donors (Lipinski definition) is 2. The fraction of sp³-hybridized carbons (Fsp3) is 0.0714. The van der Waals surface area contributed by atoms with Gasteiger partial charge in [0.05, 0.1) is 17.1 Å². The van der Waals surface area contributed by atoms with Gasteiger partial charge in [0.1, 0.15) is 17.8 Å². The highest BCUT2D eigenvalue weighted by molar-refractivity contribution is 6.01. The maximum absolute atomic E-state index is 6.02. The summed E-state index contributed by atoms with van der Waals surface area (Å²) in [7, 11) is 1.95. The number of aryl methyl sites for hydroxylation is 1. The Balaban J connectivity index is 2.06. The van der Waals surface area contributed by atoms with Gasteiger partial charge < -0.3 is 10.3 Å². The number of hydrogen-bond acceptors (Lipinski definition) is 4. The molecule has 0 bridgehead atoms. The standard InChI is InChI=1S/C14H12N6/c1-20-6-10(12-13(15)16-7-17-14(12)20)8-2-3-9-5-18-19-11(9)4-8/h2-7H,1H3,(H,18,19)(H2,15,16,17). The summed E-state index contributed by atoms with van der Waals surface area (Å²) in [6.07, 6.45) is 5.31. The summed E-state index contributed by atoms with van der Waals surface area (Å²) in [6.45, 7) is 0. The first-order valence-electron chi connectivity index (χ1n) is 6.23. The second-order valence-electron chi connectivity index (χ2n) is 4.78. The zero-order valence-electron chi connectivity index (χ0n) is 10.8. The number of H-pyrrole nitrogens is 1. The van der Waals surface area contributed by atoms with Crippen LogP contribution in [0.4, 0.5) is 5.82 Å². The minimum Gasteiger partial charge on any atom is -0.383 e. The van der Waals surface area contributed by atoms with Gasteiger partial charge in [0.2, 0.25) is 0 Å². The van der Waals surface area contributed by atoms with Crippen molar-refractivity contribution in [2.75, 3.05) is 5.73 Å². The quantitative estimate of drug-likeness (QED) is 0.551. The number of nitrogen functional groups attached to an aromatic ring is 1. The molecule has 6 heteroatoms. The summed E-state index contributed by atoms with van der Waals surface area (Å²) in [5.74, 6) is 0.496. The lowest BCUT2D eigenvalue weighted by Crippen LogP contribution is -1.94. The van der Waals surface area contributed by atoms with Crippen molar-refractivity contribution in [2.24, 2.45) is 7.05 Å². The third kappa shape index (κ3) is 1.41. The highest BCUT2D eigenvalue weighted by atomic mass is 15.1. The van der Waals surface area contributed by atoms with Gasteiger partial charge in [0.15, 0.2) is 0 Å². The number of nitrogens with one attached hydrogen (secondary N) is 1. The van der Waals surface area contributed by atoms with Gasteiger partial charge in [0.25, 0.3) is 0 Å². The summed E-state index contributed by atoms with van der Waals surface area (Å²) in [5.41, 5.74) is 9.93. The second kappa shape index (κ2) is 3.80. The van der Waals surface area contributed by atoms with Gasteiger partial charge in [-0.15, -0.1) is 0 Å². The third-order valence-corrected chi connectivity index (χ3v) is 3.54. The van der Waals surface area contributed by atoms with E-state index in [0.717, 1.165) is 33.1 Å². The lowest BCUT2D eigenvalue weighted by atomic mass is 10.0. The predicted molar refractivity (Wildman–Crippen MR) is 78.0 cm³/mol. The van der Waals surface area contributed by atoms with Crippen molar-refractivity contribution >= 4 is 27.8 Å². The minimum atomic E-state index is 0.496. The third-order valence-electron chi connectivity index (χ3n) is 3.54. The largest absolute Gasteiger partial charge is 0.383 e. The molecule has 0 atom stereocenters. The average Bonchev–Trinajstić information content (AvgIpc) is 3.04. The Morgan fingerprint density at radius 1 is 1.25 bits per heavy atom. The lowest BCUT2D eigenvalue weighted by molar-refractivity contribution is 0.945. The number of rotatable bonds is 1. The Labute approximate surface area is 114 Å². The first-order chi connectivity index (χ1) is 9.74. The highest BCUT2D eigenvalue weighted by Crippen LogP contribution is 2.33. The summed E-state index contributed by atoms with van der Waals surface area (Å²) in [6, 6.07) is 6.15. The van der Waals surface area contributed by atoms with Gasteiger partial charge in [-0.25, -0.2) is 9.97 Å². The van der Waals surface area contributed by atoms with Crippen LogP contribution in [0.1, 0.15) is 0 Å². The lowest BCUT2D eigenvalue weighted by Gasteiger charge is -2.01. The molecule has 0 aliphatic carbocycles. The van der Waals surface area contributed by atoms with E-state index in [1.165, 1.54) is 6.33 Å². The number of aromatic nitrogens is 5. The number of benzene rings is 1. The van der Waals surface area contributed by atoms with Crippen molar-refractivity contribution in [3.63, 3.8) is 0 Å². The van der Waals surface area contributed by atoms with Crippen LogP contribution >= 0.6 is 0 Å². The van der Waals surface area contributed by atoms with E-state index in [1.807, 2.05) is 23.9 Å². The van der Waals surface area contributed by atoms with Gasteiger partial charge in [-0.3, -0.25) is 5.10 Å². The van der Waals surface area contributed by atoms with Gasteiger partial charge in [-0.05, 0) is 11.6 Å². The maximum Gasteiger partial charge on any atom is 0.145 e. The fourth-order valence-electron chi connectivity index (χ4n) is 2.56. The molecule has 0 amide bonds. The maximum atomic E-state index is 6.02. The second-order valence-corrected chi connectivity index (χ2v) is 4.78. The molecule has 3 N–H and O–H groups in total. The number of nitrogens with zero attached hydrogens (tertiary/aromatic N) is 4. The van der Waals surface area contributed by atoms with Crippen molar-refractivity contribution in [3.8, 4) is 11.1 Å². The van der Waals surface area contributed by atoms with Crippen LogP contribution in [0.3, 0.4) is 0 Å². The van der Waals surface area contributed by atoms with Crippen LogP contribution in [-0.4, -0.2) is 24.7 Å². The molecule has 98 valence electrons. The first kappa shape index (κ1) is 11.0. The van der Waals surface area contributed by atoms with E-state index in [1.54, 1.807) is 6.20 Å². The summed E-state index contributed by atoms with van der Waals surface area (Å²) >= 11 is 0. The molecule has 0 saturated heterocycles. The van der Waals surface area contributed by atoms with E-state index in [4.69, 9.17) is 5.73 Å². The van der Waals surface area contributed by atoms with E-state index in [0.29, 0.717) is 5.82 Å². The molecule has 20 heavy (non-hydrogen) atoms. The Hall–Kier alpha value is -2.89. The smallest absolute Gasteiger partial charge is 0.145 e. The summed E-state index contributed by atoms with van der Waals surface area (Å²) in [4.78, 5) is 8.38. The van der Waals surface area contributed by atoms with Crippen LogP contribution in [0, 0.1) is 0 Å². The van der Waals surface area contributed by atoms with Gasteiger partial charge in [-0.2, -0.15) is 5.10 Å². The van der Waals surface area contributed by atoms with Crippen LogP contribution in [0.5, 0.6) is 0 Å². The molecule has 0 spiro atoms. The minimum absolute atomic E-state index is 0.496. The molecule has 0 aliphatic rings. The monoisotopic (exact) mass is 264 g/mol. The Kier molecular flexibility index (Phi) is 2.09. The number of anilines is 1. The zero-order chi connectivity index (χ0) is 13.7. The SMILES string of the molecule is Cn1cc(-c2ccc3cn[nH]c3c2)c2c(N)ncnc21. The molecule has 0 aliphatic heterocycles. The van der Waals surface area contributed by atoms with E-state index in [2.05, 4.69) is 32.3 Å². The molecule has 0 fully saturated rings. The summed E-state index contributed by atoms with van der Waals surface area (Å²) < 4.78 is 1.96. The summed E-state index contributed by atoms with van der Waals surface area (Å²) in [5, 5.41) is 8.99. The van der Waals surface area contributed by atoms with Crippen molar-refractivity contribution < 1.29 is 0 Å². The van der Waals surface area contributed by atoms with Gasteiger partial charge in [-0.1, -0.05) is 12.1 Å². The Bertz CT molecular complexity index is 933. The van der Waals surface area contributed by atoms with Crippen LogP contribution in [0.25, 0.3) is 33.1 Å². The van der Waals surface area contributed by atoms with E-state index >= 15 is 0 Å². The Morgan fingerprint density at radius 2 is 2.15 bits per heavy atom. The van der Waals surface area contributed by atoms with E-state index in [9.17, 15) is 0 Å². The van der Waals surface area contributed by atoms with E-state index in [-0.39, 0.29) is 0 Å². The van der Waals surface area contributed by atoms with E-state index < -0.39 is 0 Å². The van der Waals surface area contributed by atoms with Crippen molar-refractivity contribution in [1.29, 1.82) is 0 Å². The fourth-order valence-corrected chi connectivity index (χ4v) is 2.56. The number of nitrogens with two attached hydrogens (primary N) is 1. The average molecular weight is 264 g/mol. The molecule has 6 nitrogen and oxygen atoms in total. The molecular formula is C14H12N6. The van der Waals surface area contributed by atoms with Crippen LogP contribution < -0.4 is 5.73 Å². The van der Waals surface area contributed by atoms with Crippen molar-refractivity contribution in [3.05, 3.63) is 36.9 Å². The molecule has 0 unspecified atom stereocenters. The zero-order valence-corrected chi connectivity index (χ0v) is 10.8. The van der Waals surface area contributed by atoms with Crippen molar-refractivity contribution in [2.45, 2.75) is 0 Å². The van der Waals surface area contributed by atoms with Crippen molar-refractivity contribution in [1.82, 2.24) is 24.7 Å². The topological polar surface area (TPSA) is 85.4 Å². The van der Waals surface area contributed by atoms with Gasteiger partial charge >= 0.3 is 0 Å². The van der Waals surface area contributed by atoms with Crippen LogP contribution in [0.15, 0.2) is 36.9 Å². The first-order valence-corrected chi connectivity index (χ1v) is 6.23. The van der Waals surface area contributed by atoms with Crippen LogP contribution in [-0.2, 0) is 7.05 Å². The molecule has 0 saturated carbocycles. The van der Waals surface area contributed by atoms with Gasteiger partial charge in [0, 0.05) is 24.2 Å². The predicted octanol–water partition coefficient (Wildman–Crippen LogP) is 2.09. The molecule has 4 aromatic rings. The Morgan fingerprint density at radius 3 is 3.05 bits per heavy atom. The number of fused-ring (bicyclic) bond motifs is 2. The molecule has 3 aromatic heterocycles. The molecule has 0 radical (unpaired) electrons. The normalized spacial score (nSPS) is 11.4. The molecule has 3 heterocycles. The molecule has 1 aromatic carbocycles. The highest BCUT2D eigenvalue weighted by Gasteiger charge is 2.13. The van der Waals surface area contributed by atoms with Crippen LogP contribution in [0.2, 0.25) is 0 Å². The molecule has 4 rings (SSSR count).